The molecule has 1 aliphatic rings. The summed E-state index contributed by atoms with van der Waals surface area (Å²) in [5.74, 6) is -4.18. The molecule has 7 heteroatoms. The minimum absolute atomic E-state index is 0.0320. The fraction of sp³-hybridized carbons (Fsp3) is 0.421. The van der Waals surface area contributed by atoms with E-state index in [9.17, 15) is 14.4 Å². The molecule has 0 radical (unpaired) electrons. The van der Waals surface area contributed by atoms with Crippen molar-refractivity contribution in [2.24, 2.45) is 5.92 Å². The normalized spacial score (nSPS) is 18.2. The van der Waals surface area contributed by atoms with Crippen LogP contribution in [0.5, 0.6) is 5.75 Å². The molecule has 1 aromatic rings. The maximum Gasteiger partial charge on any atom is 0.324 e. The smallest absolute Gasteiger partial charge is 0.324 e. The zero-order chi connectivity index (χ0) is 19.3. The fourth-order valence-electron chi connectivity index (χ4n) is 2.63. The van der Waals surface area contributed by atoms with Crippen LogP contribution in [-0.4, -0.2) is 37.4 Å². The highest BCUT2D eigenvalue weighted by Crippen LogP contribution is 2.35. The summed E-state index contributed by atoms with van der Waals surface area (Å²) in [7, 11) is 1.55. The van der Waals surface area contributed by atoms with Gasteiger partial charge >= 0.3 is 17.9 Å². The molecule has 0 aliphatic carbocycles. The van der Waals surface area contributed by atoms with Crippen molar-refractivity contribution in [1.29, 1.82) is 0 Å². The predicted molar refractivity (Wildman–Crippen MR) is 91.3 cm³/mol. The van der Waals surface area contributed by atoms with Crippen LogP contribution in [0.1, 0.15) is 32.3 Å². The van der Waals surface area contributed by atoms with Gasteiger partial charge in [-0.15, -0.1) is 0 Å². The highest BCUT2D eigenvalue weighted by molar-refractivity contribution is 5.98. The number of rotatable bonds is 6. The number of hydrogen-bond donors (Lipinski definition) is 0. The van der Waals surface area contributed by atoms with E-state index in [4.69, 9.17) is 18.9 Å². The molecule has 0 amide bonds. The average Bonchev–Trinajstić information content (AvgIpc) is 2.55. The van der Waals surface area contributed by atoms with E-state index in [-0.39, 0.29) is 6.61 Å². The Bertz CT molecular complexity index is 683. The summed E-state index contributed by atoms with van der Waals surface area (Å²) in [5, 5.41) is 0. The minimum Gasteiger partial charge on any atom is -0.497 e. The second-order valence-corrected chi connectivity index (χ2v) is 6.25. The van der Waals surface area contributed by atoms with Crippen LogP contribution in [0.2, 0.25) is 0 Å². The molecule has 1 heterocycles. The number of methoxy groups -OCH3 is 1. The molecule has 1 unspecified atom stereocenters. The van der Waals surface area contributed by atoms with E-state index in [1.165, 1.54) is 20.8 Å². The van der Waals surface area contributed by atoms with Crippen LogP contribution >= 0.6 is 0 Å². The van der Waals surface area contributed by atoms with Crippen LogP contribution < -0.4 is 4.74 Å². The summed E-state index contributed by atoms with van der Waals surface area (Å²) in [6.45, 7) is 4.33. The van der Waals surface area contributed by atoms with Crippen molar-refractivity contribution in [3.8, 4) is 5.75 Å². The molecule has 1 fully saturated rings. The van der Waals surface area contributed by atoms with Crippen molar-refractivity contribution in [3.05, 3.63) is 42.0 Å². The molecular formula is C19H22O7. The van der Waals surface area contributed by atoms with E-state index in [2.05, 4.69) is 0 Å². The van der Waals surface area contributed by atoms with Crippen LogP contribution in [0.3, 0.4) is 0 Å². The molecule has 0 N–H and O–H groups in total. The first kappa shape index (κ1) is 19.5. The van der Waals surface area contributed by atoms with E-state index in [1.807, 2.05) is 0 Å². The van der Waals surface area contributed by atoms with E-state index >= 15 is 0 Å². The van der Waals surface area contributed by atoms with E-state index in [0.717, 1.165) is 0 Å². The lowest BCUT2D eigenvalue weighted by atomic mass is 9.85. The SMILES string of the molecule is COc1ccc(C(/C=C/COC(C)=O)C2C(=O)OC(C)(C)OC2=O)cc1. The first-order valence-electron chi connectivity index (χ1n) is 8.13. The van der Waals surface area contributed by atoms with Gasteiger partial charge in [0.05, 0.1) is 7.11 Å². The van der Waals surface area contributed by atoms with Gasteiger partial charge in [0, 0.05) is 26.7 Å². The van der Waals surface area contributed by atoms with E-state index < -0.39 is 35.5 Å². The number of cyclic esters (lactones) is 2. The van der Waals surface area contributed by atoms with Crippen molar-refractivity contribution in [1.82, 2.24) is 0 Å². The molecule has 2 rings (SSSR count). The van der Waals surface area contributed by atoms with Crippen LogP contribution in [-0.2, 0) is 28.6 Å². The second-order valence-electron chi connectivity index (χ2n) is 6.25. The molecule has 0 aromatic heterocycles. The van der Waals surface area contributed by atoms with Crippen molar-refractivity contribution < 1.29 is 33.3 Å². The molecule has 26 heavy (non-hydrogen) atoms. The van der Waals surface area contributed by atoms with Crippen LogP contribution in [0.4, 0.5) is 0 Å². The average molecular weight is 362 g/mol. The van der Waals surface area contributed by atoms with Crippen LogP contribution in [0.25, 0.3) is 0 Å². The quantitative estimate of drug-likeness (QED) is 0.436. The Balaban J connectivity index is 2.31. The van der Waals surface area contributed by atoms with Gasteiger partial charge in [-0.05, 0) is 17.7 Å². The van der Waals surface area contributed by atoms with Gasteiger partial charge in [0.15, 0.2) is 5.92 Å². The summed E-state index contributed by atoms with van der Waals surface area (Å²) in [4.78, 5) is 35.8. The van der Waals surface area contributed by atoms with Gasteiger partial charge in [0.1, 0.15) is 12.4 Å². The summed E-state index contributed by atoms with van der Waals surface area (Å²) in [6.07, 6.45) is 3.22. The third kappa shape index (κ3) is 4.84. The summed E-state index contributed by atoms with van der Waals surface area (Å²) in [5.41, 5.74) is 0.698. The molecule has 140 valence electrons. The number of allylic oxidation sites excluding steroid dienone is 1. The summed E-state index contributed by atoms with van der Waals surface area (Å²) < 4.78 is 20.4. The zero-order valence-electron chi connectivity index (χ0n) is 15.2. The largest absolute Gasteiger partial charge is 0.497 e. The molecule has 0 spiro atoms. The first-order chi connectivity index (χ1) is 12.2. The zero-order valence-corrected chi connectivity index (χ0v) is 15.2. The van der Waals surface area contributed by atoms with Crippen molar-refractivity contribution >= 4 is 17.9 Å². The van der Waals surface area contributed by atoms with Gasteiger partial charge < -0.3 is 18.9 Å². The predicted octanol–water partition coefficient (Wildman–Crippen LogP) is 2.35. The highest BCUT2D eigenvalue weighted by atomic mass is 16.7. The Kier molecular flexibility index (Phi) is 6.02. The fourth-order valence-corrected chi connectivity index (χ4v) is 2.63. The van der Waals surface area contributed by atoms with E-state index in [0.29, 0.717) is 11.3 Å². The molecule has 7 nitrogen and oxygen atoms in total. The lowest BCUT2D eigenvalue weighted by molar-refractivity contribution is -0.240. The molecule has 1 saturated heterocycles. The number of hydrogen-bond acceptors (Lipinski definition) is 7. The Morgan fingerprint density at radius 1 is 1.19 bits per heavy atom. The molecule has 0 bridgehead atoms. The Labute approximate surface area is 151 Å². The van der Waals surface area contributed by atoms with Gasteiger partial charge in [-0.3, -0.25) is 14.4 Å². The van der Waals surface area contributed by atoms with Gasteiger partial charge in [-0.25, -0.2) is 0 Å². The second kappa shape index (κ2) is 8.03. The van der Waals surface area contributed by atoms with E-state index in [1.54, 1.807) is 43.5 Å². The standard InChI is InChI=1S/C19H22O7/c1-12(20)24-11-5-6-15(13-7-9-14(23-4)10-8-13)16-17(21)25-19(2,3)26-18(16)22/h5-10,15-16H,11H2,1-4H3/b6-5+. The molecule has 1 aliphatic heterocycles. The van der Waals surface area contributed by atoms with Gasteiger partial charge in [0.2, 0.25) is 0 Å². The third-order valence-electron chi connectivity index (χ3n) is 3.79. The van der Waals surface area contributed by atoms with Crippen molar-refractivity contribution in [2.45, 2.75) is 32.5 Å². The molecule has 1 aromatic carbocycles. The summed E-state index contributed by atoms with van der Waals surface area (Å²) >= 11 is 0. The molecule has 0 saturated carbocycles. The Morgan fingerprint density at radius 3 is 2.27 bits per heavy atom. The third-order valence-corrected chi connectivity index (χ3v) is 3.79. The number of esters is 3. The first-order valence-corrected chi connectivity index (χ1v) is 8.13. The monoisotopic (exact) mass is 362 g/mol. The lowest BCUT2D eigenvalue weighted by Gasteiger charge is -2.35. The number of carbonyl (C=O) groups is 3. The van der Waals surface area contributed by atoms with Crippen LogP contribution in [0.15, 0.2) is 36.4 Å². The van der Waals surface area contributed by atoms with Gasteiger partial charge in [-0.2, -0.15) is 0 Å². The van der Waals surface area contributed by atoms with Gasteiger partial charge in [0.25, 0.3) is 5.79 Å². The lowest BCUT2D eigenvalue weighted by Crippen LogP contribution is -2.48. The maximum atomic E-state index is 12.4. The number of carbonyl (C=O) groups excluding carboxylic acids is 3. The van der Waals surface area contributed by atoms with Crippen molar-refractivity contribution in [3.63, 3.8) is 0 Å². The Hall–Kier alpha value is -2.83. The highest BCUT2D eigenvalue weighted by Gasteiger charge is 2.46. The number of ether oxygens (including phenoxy) is 4. The minimum atomic E-state index is -1.30. The maximum absolute atomic E-state index is 12.4. The van der Waals surface area contributed by atoms with Crippen LogP contribution in [0, 0.1) is 5.92 Å². The molecule has 1 atom stereocenters. The summed E-state index contributed by atoms with van der Waals surface area (Å²) in [6, 6.07) is 6.96. The van der Waals surface area contributed by atoms with Crippen molar-refractivity contribution in [2.75, 3.05) is 13.7 Å². The Morgan fingerprint density at radius 2 is 1.77 bits per heavy atom. The topological polar surface area (TPSA) is 88.1 Å². The number of benzene rings is 1. The molecular weight excluding hydrogens is 340 g/mol. The van der Waals surface area contributed by atoms with Gasteiger partial charge in [-0.1, -0.05) is 24.3 Å².